The van der Waals surface area contributed by atoms with E-state index in [0.29, 0.717) is 5.82 Å². The molecule has 0 aliphatic carbocycles. The van der Waals surface area contributed by atoms with Crippen molar-refractivity contribution in [2.45, 2.75) is 0 Å². The highest BCUT2D eigenvalue weighted by atomic mass is 16.3. The summed E-state index contributed by atoms with van der Waals surface area (Å²) in [5, 5.41) is 7.97. The molecule has 0 aliphatic heterocycles. The molecular formula is C46H28N2O. The second-order valence-electron chi connectivity index (χ2n) is 12.5. The molecule has 0 amide bonds. The van der Waals surface area contributed by atoms with Gasteiger partial charge in [0.2, 0.25) is 0 Å². The molecule has 0 fully saturated rings. The number of fused-ring (bicyclic) bond motifs is 6. The van der Waals surface area contributed by atoms with Crippen LogP contribution in [-0.4, -0.2) is 9.97 Å². The van der Waals surface area contributed by atoms with Crippen LogP contribution in [0.1, 0.15) is 0 Å². The third kappa shape index (κ3) is 4.51. The van der Waals surface area contributed by atoms with Crippen LogP contribution in [0, 0.1) is 0 Å². The van der Waals surface area contributed by atoms with Gasteiger partial charge in [0.15, 0.2) is 5.82 Å². The summed E-state index contributed by atoms with van der Waals surface area (Å²) < 4.78 is 6.79. The second kappa shape index (κ2) is 11.0. The Balaban J connectivity index is 1.19. The number of aromatic nitrogens is 2. The van der Waals surface area contributed by atoms with Crippen molar-refractivity contribution in [1.82, 2.24) is 9.97 Å². The van der Waals surface area contributed by atoms with Crippen molar-refractivity contribution in [2.24, 2.45) is 0 Å². The lowest BCUT2D eigenvalue weighted by molar-refractivity contribution is 0.670. The van der Waals surface area contributed by atoms with Crippen molar-refractivity contribution in [3.05, 3.63) is 170 Å². The number of hydrogen-bond acceptors (Lipinski definition) is 3. The van der Waals surface area contributed by atoms with Gasteiger partial charge in [0.1, 0.15) is 11.2 Å². The van der Waals surface area contributed by atoms with Gasteiger partial charge in [0.25, 0.3) is 0 Å². The molecule has 0 atom stereocenters. The van der Waals surface area contributed by atoms with E-state index in [1.54, 1.807) is 0 Å². The summed E-state index contributed by atoms with van der Waals surface area (Å²) in [6.45, 7) is 0. The van der Waals surface area contributed by atoms with Crippen LogP contribution in [0.15, 0.2) is 174 Å². The molecule has 228 valence electrons. The molecule has 0 N–H and O–H groups in total. The van der Waals surface area contributed by atoms with Crippen molar-refractivity contribution >= 4 is 54.4 Å². The molecule has 49 heavy (non-hydrogen) atoms. The molecule has 10 aromatic rings. The molecule has 3 heteroatoms. The minimum atomic E-state index is 0.639. The fourth-order valence-electron chi connectivity index (χ4n) is 7.30. The first-order valence-electron chi connectivity index (χ1n) is 16.6. The zero-order valence-corrected chi connectivity index (χ0v) is 26.5. The summed E-state index contributed by atoms with van der Waals surface area (Å²) >= 11 is 0. The summed E-state index contributed by atoms with van der Waals surface area (Å²) in [5.74, 6) is 0.639. The Morgan fingerprint density at radius 2 is 1.02 bits per heavy atom. The van der Waals surface area contributed by atoms with Crippen LogP contribution in [0.4, 0.5) is 0 Å². The van der Waals surface area contributed by atoms with E-state index in [2.05, 4.69) is 164 Å². The van der Waals surface area contributed by atoms with Crippen molar-refractivity contribution in [3.8, 4) is 44.9 Å². The lowest BCUT2D eigenvalue weighted by Crippen LogP contribution is -1.96. The third-order valence-electron chi connectivity index (χ3n) is 9.67. The van der Waals surface area contributed by atoms with E-state index >= 15 is 0 Å². The topological polar surface area (TPSA) is 38.9 Å². The van der Waals surface area contributed by atoms with Crippen molar-refractivity contribution in [1.29, 1.82) is 0 Å². The Kier molecular flexibility index (Phi) is 6.18. The molecule has 0 saturated heterocycles. The van der Waals surface area contributed by atoms with E-state index in [0.717, 1.165) is 66.2 Å². The average Bonchev–Trinajstić information content (AvgIpc) is 3.54. The van der Waals surface area contributed by atoms with Crippen molar-refractivity contribution < 1.29 is 4.42 Å². The quantitative estimate of drug-likeness (QED) is 0.196. The van der Waals surface area contributed by atoms with Crippen LogP contribution in [0.3, 0.4) is 0 Å². The maximum Gasteiger partial charge on any atom is 0.164 e. The van der Waals surface area contributed by atoms with Gasteiger partial charge in [-0.25, -0.2) is 9.97 Å². The third-order valence-corrected chi connectivity index (χ3v) is 9.67. The monoisotopic (exact) mass is 624 g/mol. The van der Waals surface area contributed by atoms with Gasteiger partial charge in [-0.2, -0.15) is 0 Å². The van der Waals surface area contributed by atoms with Crippen molar-refractivity contribution in [2.75, 3.05) is 0 Å². The lowest BCUT2D eigenvalue weighted by atomic mass is 9.95. The Morgan fingerprint density at radius 3 is 1.86 bits per heavy atom. The summed E-state index contributed by atoms with van der Waals surface area (Å²) in [6, 6.07) is 59.7. The van der Waals surface area contributed by atoms with Crippen LogP contribution >= 0.6 is 0 Å². The highest BCUT2D eigenvalue weighted by Gasteiger charge is 2.21. The highest BCUT2D eigenvalue weighted by Crippen LogP contribution is 2.43. The Bertz CT molecular complexity index is 2860. The van der Waals surface area contributed by atoms with E-state index in [1.807, 2.05) is 6.07 Å². The molecule has 2 aromatic heterocycles. The van der Waals surface area contributed by atoms with Crippen molar-refractivity contribution in [3.63, 3.8) is 0 Å². The smallest absolute Gasteiger partial charge is 0.164 e. The first kappa shape index (κ1) is 27.5. The number of furan rings is 1. The summed E-state index contributed by atoms with van der Waals surface area (Å²) in [7, 11) is 0. The Hall–Kier alpha value is -6.58. The minimum absolute atomic E-state index is 0.639. The molecule has 0 unspecified atom stereocenters. The Morgan fingerprint density at radius 1 is 0.388 bits per heavy atom. The fourth-order valence-corrected chi connectivity index (χ4v) is 7.30. The second-order valence-corrected chi connectivity index (χ2v) is 12.5. The molecule has 2 heterocycles. The molecule has 3 nitrogen and oxygen atoms in total. The van der Waals surface area contributed by atoms with E-state index in [-0.39, 0.29) is 0 Å². The molecule has 0 spiro atoms. The summed E-state index contributed by atoms with van der Waals surface area (Å²) in [4.78, 5) is 10.4. The van der Waals surface area contributed by atoms with Crippen LogP contribution in [0.25, 0.3) is 99.3 Å². The molecule has 10 rings (SSSR count). The molecule has 0 aliphatic rings. The molecule has 0 bridgehead atoms. The average molecular weight is 625 g/mol. The van der Waals surface area contributed by atoms with Gasteiger partial charge in [0, 0.05) is 21.7 Å². The molecule has 8 aromatic carbocycles. The van der Waals surface area contributed by atoms with Gasteiger partial charge in [-0.1, -0.05) is 146 Å². The van der Waals surface area contributed by atoms with Gasteiger partial charge in [-0.05, 0) is 68.1 Å². The van der Waals surface area contributed by atoms with Crippen LogP contribution < -0.4 is 0 Å². The highest BCUT2D eigenvalue weighted by molar-refractivity contribution is 6.18. The normalized spacial score (nSPS) is 11.7. The summed E-state index contributed by atoms with van der Waals surface area (Å²) in [6.07, 6.45) is 0. The maximum absolute atomic E-state index is 6.79. The van der Waals surface area contributed by atoms with Gasteiger partial charge < -0.3 is 4.42 Å². The number of nitrogens with zero attached hydrogens (tertiary/aromatic N) is 2. The van der Waals surface area contributed by atoms with Gasteiger partial charge in [-0.15, -0.1) is 0 Å². The largest absolute Gasteiger partial charge is 0.455 e. The number of rotatable bonds is 4. The van der Waals surface area contributed by atoms with Crippen LogP contribution in [0.5, 0.6) is 0 Å². The zero-order chi connectivity index (χ0) is 32.3. The van der Waals surface area contributed by atoms with E-state index in [9.17, 15) is 0 Å². The molecular weight excluding hydrogens is 597 g/mol. The van der Waals surface area contributed by atoms with Crippen LogP contribution in [0.2, 0.25) is 0 Å². The fraction of sp³-hybridized carbons (Fsp3) is 0. The first-order chi connectivity index (χ1) is 24.3. The SMILES string of the molecule is c1ccc(-c2ccc(-c3nc(-c4ccc(-c5cccc6ccccc56)cc4)c4ccccc4n3)c3oc4cc5ccccc5cc4c23)cc1. The number of hydrogen-bond donors (Lipinski definition) is 0. The van der Waals surface area contributed by atoms with Gasteiger partial charge in [0.05, 0.1) is 16.8 Å². The maximum atomic E-state index is 6.79. The molecule has 0 saturated carbocycles. The van der Waals surface area contributed by atoms with Gasteiger partial charge >= 0.3 is 0 Å². The number of para-hydroxylation sites is 1. The zero-order valence-electron chi connectivity index (χ0n) is 26.5. The molecule has 0 radical (unpaired) electrons. The standard InChI is InChI=1S/C46H28N2O/c1-2-11-30(12-3-1)37-25-26-39(45-43(37)40-27-33-14-4-5-15-34(33)28-42(40)49-45)46-47-41-20-9-8-18-38(41)44(48-46)32-23-21-31(22-24-32)36-19-10-16-29-13-6-7-17-35(29)36/h1-28H. The van der Waals surface area contributed by atoms with E-state index in [1.165, 1.54) is 27.3 Å². The first-order valence-corrected chi connectivity index (χ1v) is 16.6. The summed E-state index contributed by atoms with van der Waals surface area (Å²) in [5.41, 5.74) is 9.99. The van der Waals surface area contributed by atoms with Crippen LogP contribution in [-0.2, 0) is 0 Å². The van der Waals surface area contributed by atoms with E-state index in [4.69, 9.17) is 14.4 Å². The predicted octanol–water partition coefficient (Wildman–Crippen LogP) is 12.5. The van der Waals surface area contributed by atoms with Gasteiger partial charge in [-0.3, -0.25) is 0 Å². The minimum Gasteiger partial charge on any atom is -0.455 e. The lowest BCUT2D eigenvalue weighted by Gasteiger charge is -2.12. The predicted molar refractivity (Wildman–Crippen MR) is 204 cm³/mol. The Labute approximate surface area is 282 Å². The van der Waals surface area contributed by atoms with E-state index < -0.39 is 0 Å². The number of benzene rings is 8.